The van der Waals surface area contributed by atoms with Gasteiger partial charge in [-0.05, 0) is 61.7 Å². The summed E-state index contributed by atoms with van der Waals surface area (Å²) in [6, 6.07) is 13.4. The lowest BCUT2D eigenvalue weighted by Crippen LogP contribution is -2.50. The summed E-state index contributed by atoms with van der Waals surface area (Å²) in [6.45, 7) is 6.24. The maximum absolute atomic E-state index is 16.1. The van der Waals surface area contributed by atoms with Crippen LogP contribution in [0, 0.1) is 5.92 Å². The van der Waals surface area contributed by atoms with E-state index in [1.54, 1.807) is 25.1 Å². The van der Waals surface area contributed by atoms with Crippen molar-refractivity contribution in [2.45, 2.75) is 95.3 Å². The van der Waals surface area contributed by atoms with E-state index in [1.807, 2.05) is 54.3 Å². The molecule has 0 bridgehead atoms. The van der Waals surface area contributed by atoms with Crippen LogP contribution in [0.5, 0.6) is 5.75 Å². The van der Waals surface area contributed by atoms with Gasteiger partial charge in [-0.1, -0.05) is 44.0 Å². The maximum Gasteiger partial charge on any atom is 0.248 e. The predicted octanol–water partition coefficient (Wildman–Crippen LogP) is 5.95. The van der Waals surface area contributed by atoms with Gasteiger partial charge in [-0.2, -0.15) is 0 Å². The van der Waals surface area contributed by atoms with Gasteiger partial charge in [0.05, 0.1) is 18.8 Å². The number of benzene rings is 2. The maximum atomic E-state index is 16.1. The molecular weight excluding hydrogens is 551 g/mol. The SMILES string of the molecule is CO[C@@H]1c2cc(N3CCCCCCC3=O)ccc2O[C@H](C(CC(=O)N2Cc3ccccc3C[C@H]2CO)[Si](C)(C)F)[C@H]1C. The van der Waals surface area contributed by atoms with E-state index in [4.69, 9.17) is 9.47 Å². The minimum absolute atomic E-state index is 0.00945. The first-order chi connectivity index (χ1) is 20.1. The van der Waals surface area contributed by atoms with Gasteiger partial charge in [0.15, 0.2) is 0 Å². The van der Waals surface area contributed by atoms with Crippen molar-refractivity contribution in [1.29, 1.82) is 0 Å². The van der Waals surface area contributed by atoms with Crippen LogP contribution in [0.1, 0.15) is 68.2 Å². The molecule has 0 aromatic heterocycles. The molecule has 0 saturated carbocycles. The third kappa shape index (κ3) is 6.28. The smallest absolute Gasteiger partial charge is 0.248 e. The highest BCUT2D eigenvalue weighted by molar-refractivity contribution is 6.72. The fourth-order valence-corrected chi connectivity index (χ4v) is 8.88. The van der Waals surface area contributed by atoms with Crippen LogP contribution in [0.25, 0.3) is 0 Å². The molecule has 5 atom stereocenters. The van der Waals surface area contributed by atoms with Crippen LogP contribution in [0.4, 0.5) is 9.80 Å². The van der Waals surface area contributed by atoms with Gasteiger partial charge in [-0.3, -0.25) is 9.59 Å². The molecule has 2 amide bonds. The van der Waals surface area contributed by atoms with Crippen LogP contribution in [-0.2, 0) is 27.3 Å². The van der Waals surface area contributed by atoms with Crippen molar-refractivity contribution >= 4 is 25.9 Å². The molecule has 0 aliphatic carbocycles. The summed E-state index contributed by atoms with van der Waals surface area (Å²) in [5.41, 5.74) is 3.28. The molecule has 0 spiro atoms. The molecule has 2 aromatic carbocycles. The predicted molar refractivity (Wildman–Crippen MR) is 164 cm³/mol. The Morgan fingerprint density at radius 1 is 1.14 bits per heavy atom. The standard InChI is InChI=1S/C33H45FN2O5Si/c1-22-32(40-2)27-18-25(35-16-10-6-5-7-13-30(35)38)14-15-28(27)41-33(22)29(42(3,4)34)19-31(39)36-20-24-12-9-8-11-23(24)17-26(36)21-37/h8-9,11-12,14-15,18,22,26,29,32-33,37H,5-7,10,13,16-17,19-21H2,1-4H3/t22-,26-,29?,32-,33-/m0/s1. The van der Waals surface area contributed by atoms with Crippen LogP contribution in [0.2, 0.25) is 18.6 Å². The molecular formula is C33H45FN2O5Si. The third-order valence-corrected chi connectivity index (χ3v) is 11.8. The van der Waals surface area contributed by atoms with Crippen molar-refractivity contribution in [1.82, 2.24) is 4.90 Å². The summed E-state index contributed by atoms with van der Waals surface area (Å²) in [5, 5.41) is 10.1. The zero-order valence-corrected chi connectivity index (χ0v) is 26.4. The van der Waals surface area contributed by atoms with E-state index in [1.165, 1.54) is 0 Å². The number of fused-ring (bicyclic) bond motifs is 2. The highest BCUT2D eigenvalue weighted by Crippen LogP contribution is 2.48. The third-order valence-electron chi connectivity index (χ3n) is 9.51. The lowest BCUT2D eigenvalue weighted by Gasteiger charge is -2.44. The van der Waals surface area contributed by atoms with Crippen molar-refractivity contribution in [3.05, 3.63) is 59.2 Å². The number of hydrogen-bond acceptors (Lipinski definition) is 5. The molecule has 1 saturated heterocycles. The Morgan fingerprint density at radius 3 is 2.60 bits per heavy atom. The van der Waals surface area contributed by atoms with Crippen molar-refractivity contribution in [2.24, 2.45) is 5.92 Å². The summed E-state index contributed by atoms with van der Waals surface area (Å²) >= 11 is 0. The first-order valence-corrected chi connectivity index (χ1v) is 18.4. The van der Waals surface area contributed by atoms with Crippen LogP contribution in [-0.4, -0.2) is 62.6 Å². The number of halogens is 1. The quantitative estimate of drug-likeness (QED) is 0.316. The average Bonchev–Trinajstić information content (AvgIpc) is 2.96. The number of nitrogens with zero attached hydrogens (tertiary/aromatic N) is 2. The summed E-state index contributed by atoms with van der Waals surface area (Å²) in [7, 11) is -1.76. The minimum atomic E-state index is -3.41. The van der Waals surface area contributed by atoms with E-state index in [2.05, 4.69) is 0 Å². The van der Waals surface area contributed by atoms with Crippen LogP contribution < -0.4 is 9.64 Å². The molecule has 3 aliphatic rings. The van der Waals surface area contributed by atoms with E-state index in [0.717, 1.165) is 48.1 Å². The largest absolute Gasteiger partial charge is 0.490 e. The van der Waals surface area contributed by atoms with Gasteiger partial charge in [0, 0.05) is 55.8 Å². The molecule has 0 radical (unpaired) electrons. The summed E-state index contributed by atoms with van der Waals surface area (Å²) in [5.74, 6) is 0.366. The molecule has 42 heavy (non-hydrogen) atoms. The molecule has 3 heterocycles. The van der Waals surface area contributed by atoms with E-state index in [0.29, 0.717) is 31.7 Å². The Hall–Kier alpha value is -2.75. The molecule has 5 rings (SSSR count). The van der Waals surface area contributed by atoms with Crippen molar-refractivity contribution < 1.29 is 28.3 Å². The van der Waals surface area contributed by atoms with E-state index >= 15 is 4.11 Å². The van der Waals surface area contributed by atoms with Crippen molar-refractivity contribution in [3.8, 4) is 5.75 Å². The highest BCUT2D eigenvalue weighted by Gasteiger charge is 2.49. The summed E-state index contributed by atoms with van der Waals surface area (Å²) in [4.78, 5) is 30.3. The van der Waals surface area contributed by atoms with Gasteiger partial charge in [0.2, 0.25) is 20.2 Å². The lowest BCUT2D eigenvalue weighted by atomic mass is 9.86. The first kappa shape index (κ1) is 30.7. The second kappa shape index (κ2) is 12.9. The second-order valence-corrected chi connectivity index (χ2v) is 16.6. The number of carbonyl (C=O) groups excluding carboxylic acids is 2. The van der Waals surface area contributed by atoms with Crippen molar-refractivity contribution in [3.63, 3.8) is 0 Å². The van der Waals surface area contributed by atoms with E-state index in [9.17, 15) is 14.7 Å². The summed E-state index contributed by atoms with van der Waals surface area (Å²) < 4.78 is 28.7. The number of ether oxygens (including phenoxy) is 2. The normalized spacial score (nSPS) is 25.5. The van der Waals surface area contributed by atoms with Gasteiger partial charge in [0.1, 0.15) is 11.9 Å². The Morgan fingerprint density at radius 2 is 1.88 bits per heavy atom. The van der Waals surface area contributed by atoms with Gasteiger partial charge in [-0.25, -0.2) is 0 Å². The van der Waals surface area contributed by atoms with Gasteiger partial charge in [-0.15, -0.1) is 0 Å². The Balaban J connectivity index is 1.40. The Kier molecular flexibility index (Phi) is 9.40. The molecule has 3 aliphatic heterocycles. The van der Waals surface area contributed by atoms with Crippen LogP contribution in [0.3, 0.4) is 0 Å². The molecule has 1 fully saturated rings. The molecule has 1 unspecified atom stereocenters. The minimum Gasteiger partial charge on any atom is -0.490 e. The fraction of sp³-hybridized carbons (Fsp3) is 0.576. The highest BCUT2D eigenvalue weighted by atomic mass is 28.4. The monoisotopic (exact) mass is 596 g/mol. The lowest BCUT2D eigenvalue weighted by molar-refractivity contribution is -0.136. The molecule has 9 heteroatoms. The topological polar surface area (TPSA) is 79.3 Å². The zero-order chi connectivity index (χ0) is 30.0. The number of hydrogen-bond donors (Lipinski definition) is 1. The number of rotatable bonds is 7. The second-order valence-electron chi connectivity index (χ2n) is 12.7. The van der Waals surface area contributed by atoms with Gasteiger partial charge in [0.25, 0.3) is 0 Å². The average molecular weight is 597 g/mol. The van der Waals surface area contributed by atoms with Crippen molar-refractivity contribution in [2.75, 3.05) is 25.2 Å². The Bertz CT molecular complexity index is 1280. The van der Waals surface area contributed by atoms with Gasteiger partial charge >= 0.3 is 0 Å². The van der Waals surface area contributed by atoms with Gasteiger partial charge < -0.3 is 28.5 Å². The molecule has 228 valence electrons. The van der Waals surface area contributed by atoms with Crippen LogP contribution >= 0.6 is 0 Å². The molecule has 2 aromatic rings. The van der Waals surface area contributed by atoms with E-state index in [-0.39, 0.29) is 42.9 Å². The van der Waals surface area contributed by atoms with Crippen LogP contribution in [0.15, 0.2) is 42.5 Å². The number of aliphatic hydroxyl groups is 1. The van der Waals surface area contributed by atoms with E-state index < -0.39 is 20.1 Å². The first-order valence-electron chi connectivity index (χ1n) is 15.4. The Labute approximate surface area is 250 Å². The number of anilines is 1. The number of amides is 2. The summed E-state index contributed by atoms with van der Waals surface area (Å²) in [6.07, 6.45) is 4.29. The number of aliphatic hydroxyl groups excluding tert-OH is 1. The fourth-order valence-electron chi connectivity index (χ4n) is 7.06. The molecule has 1 N–H and O–H groups in total. The molecule has 7 nitrogen and oxygen atoms in total. The number of carbonyl (C=O) groups is 2. The number of methoxy groups -OCH3 is 1. The zero-order valence-electron chi connectivity index (χ0n) is 25.4.